The minimum absolute atomic E-state index is 0.180. The average Bonchev–Trinajstić information content (AvgIpc) is 2.97. The molecule has 1 aromatic heterocycles. The number of aryl methyl sites for hydroxylation is 2. The third-order valence-corrected chi connectivity index (χ3v) is 4.37. The van der Waals surface area contributed by atoms with E-state index in [2.05, 4.69) is 10.4 Å². The van der Waals surface area contributed by atoms with Gasteiger partial charge in [0.05, 0.1) is 24.7 Å². The lowest BCUT2D eigenvalue weighted by atomic mass is 10.1. The van der Waals surface area contributed by atoms with Crippen LogP contribution in [-0.4, -0.2) is 28.8 Å². The summed E-state index contributed by atoms with van der Waals surface area (Å²) in [5.74, 6) is -0.614. The second-order valence-corrected chi connectivity index (χ2v) is 6.21. The van der Waals surface area contributed by atoms with E-state index in [1.807, 2.05) is 31.2 Å². The molecular weight excluding hydrogens is 354 g/mol. The number of methoxy groups -OCH3 is 1. The van der Waals surface area contributed by atoms with Crippen LogP contribution in [0.25, 0.3) is 10.9 Å². The number of hydrogen-bond acceptors (Lipinski definition) is 4. The van der Waals surface area contributed by atoms with Gasteiger partial charge in [-0.2, -0.15) is 5.10 Å². The van der Waals surface area contributed by atoms with Gasteiger partial charge >= 0.3 is 5.97 Å². The van der Waals surface area contributed by atoms with Crippen LogP contribution in [0.1, 0.15) is 22.3 Å². The predicted molar refractivity (Wildman–Crippen MR) is 101 cm³/mol. The minimum Gasteiger partial charge on any atom is -0.465 e. The van der Waals surface area contributed by atoms with Crippen LogP contribution < -0.4 is 5.32 Å². The standard InChI is InChI=1S/C19H18ClN3O3/c1-12-7-8-13(11-15(12)19(25)26-2)21-17(24)9-10-23-16-6-4-3-5-14(16)18(20)22-23/h3-8,11H,9-10H2,1-2H3,(H,21,24). The molecule has 0 aliphatic carbocycles. The molecule has 1 amide bonds. The Labute approximate surface area is 155 Å². The maximum atomic E-state index is 12.3. The molecule has 1 N–H and O–H groups in total. The fourth-order valence-electron chi connectivity index (χ4n) is 2.72. The Balaban J connectivity index is 1.68. The molecule has 0 radical (unpaired) electrons. The summed E-state index contributed by atoms with van der Waals surface area (Å²) < 4.78 is 6.46. The Morgan fingerprint density at radius 1 is 1.23 bits per heavy atom. The molecule has 3 aromatic rings. The molecule has 0 fully saturated rings. The predicted octanol–water partition coefficient (Wildman–Crippen LogP) is 3.81. The molecule has 2 aromatic carbocycles. The van der Waals surface area contributed by atoms with E-state index in [1.54, 1.807) is 22.9 Å². The highest BCUT2D eigenvalue weighted by Crippen LogP contribution is 2.22. The molecule has 0 aliphatic rings. The zero-order valence-electron chi connectivity index (χ0n) is 14.5. The van der Waals surface area contributed by atoms with Crippen molar-refractivity contribution in [3.05, 3.63) is 58.7 Å². The van der Waals surface area contributed by atoms with E-state index in [-0.39, 0.29) is 12.3 Å². The number of benzene rings is 2. The Morgan fingerprint density at radius 2 is 2.00 bits per heavy atom. The summed E-state index contributed by atoms with van der Waals surface area (Å²) in [7, 11) is 1.33. The summed E-state index contributed by atoms with van der Waals surface area (Å²) in [6.07, 6.45) is 0.226. The molecule has 0 bridgehead atoms. The monoisotopic (exact) mass is 371 g/mol. The molecule has 0 saturated heterocycles. The third-order valence-electron chi connectivity index (χ3n) is 4.09. The van der Waals surface area contributed by atoms with Crippen LogP contribution >= 0.6 is 11.6 Å². The summed E-state index contributed by atoms with van der Waals surface area (Å²) in [5.41, 5.74) is 2.64. The lowest BCUT2D eigenvalue weighted by molar-refractivity contribution is -0.116. The number of nitrogens with one attached hydrogen (secondary N) is 1. The number of anilines is 1. The van der Waals surface area contributed by atoms with E-state index >= 15 is 0 Å². The molecule has 0 aliphatic heterocycles. The molecule has 0 unspecified atom stereocenters. The van der Waals surface area contributed by atoms with Gasteiger partial charge in [0.25, 0.3) is 0 Å². The first-order chi connectivity index (χ1) is 12.5. The highest BCUT2D eigenvalue weighted by Gasteiger charge is 2.12. The second-order valence-electron chi connectivity index (χ2n) is 5.85. The van der Waals surface area contributed by atoms with Gasteiger partial charge in [-0.25, -0.2) is 4.79 Å². The number of halogens is 1. The lowest BCUT2D eigenvalue weighted by Crippen LogP contribution is -2.15. The largest absolute Gasteiger partial charge is 0.465 e. The number of carbonyl (C=O) groups is 2. The zero-order chi connectivity index (χ0) is 18.7. The lowest BCUT2D eigenvalue weighted by Gasteiger charge is -2.09. The van der Waals surface area contributed by atoms with Crippen LogP contribution in [0.2, 0.25) is 5.15 Å². The molecule has 26 heavy (non-hydrogen) atoms. The second kappa shape index (κ2) is 7.58. The maximum Gasteiger partial charge on any atom is 0.338 e. The van der Waals surface area contributed by atoms with Crippen molar-refractivity contribution >= 4 is 40.1 Å². The summed E-state index contributed by atoms with van der Waals surface area (Å²) in [6.45, 7) is 2.21. The van der Waals surface area contributed by atoms with Crippen molar-refractivity contribution in [2.24, 2.45) is 0 Å². The quantitative estimate of drug-likeness (QED) is 0.692. The van der Waals surface area contributed by atoms with Gasteiger partial charge in [0.15, 0.2) is 5.15 Å². The van der Waals surface area contributed by atoms with Crippen molar-refractivity contribution in [2.75, 3.05) is 12.4 Å². The number of amides is 1. The number of fused-ring (bicyclic) bond motifs is 1. The van der Waals surface area contributed by atoms with Gasteiger partial charge in [0.2, 0.25) is 5.91 Å². The van der Waals surface area contributed by atoms with Gasteiger partial charge in [-0.05, 0) is 36.8 Å². The molecule has 0 spiro atoms. The van der Waals surface area contributed by atoms with E-state index in [0.29, 0.717) is 22.9 Å². The normalized spacial score (nSPS) is 10.7. The summed E-state index contributed by atoms with van der Waals surface area (Å²) in [5, 5.41) is 8.34. The Bertz CT molecular complexity index is 981. The molecular formula is C19H18ClN3O3. The van der Waals surface area contributed by atoms with Crippen LogP contribution in [0.3, 0.4) is 0 Å². The number of esters is 1. The smallest absolute Gasteiger partial charge is 0.338 e. The van der Waals surface area contributed by atoms with Crippen molar-refractivity contribution in [1.82, 2.24) is 9.78 Å². The molecule has 134 valence electrons. The van der Waals surface area contributed by atoms with Gasteiger partial charge in [-0.1, -0.05) is 29.8 Å². The maximum absolute atomic E-state index is 12.3. The number of hydrogen-bond donors (Lipinski definition) is 1. The van der Waals surface area contributed by atoms with Crippen molar-refractivity contribution in [3.63, 3.8) is 0 Å². The summed E-state index contributed by atoms with van der Waals surface area (Å²) in [4.78, 5) is 24.0. The number of rotatable bonds is 5. The van der Waals surface area contributed by atoms with Gasteiger partial charge in [-0.3, -0.25) is 9.48 Å². The number of para-hydroxylation sites is 1. The molecule has 3 rings (SSSR count). The van der Waals surface area contributed by atoms with Crippen LogP contribution in [0.4, 0.5) is 5.69 Å². The van der Waals surface area contributed by atoms with E-state index in [0.717, 1.165) is 16.5 Å². The van der Waals surface area contributed by atoms with Crippen LogP contribution in [0.5, 0.6) is 0 Å². The van der Waals surface area contributed by atoms with E-state index in [4.69, 9.17) is 16.3 Å². The minimum atomic E-state index is -0.434. The van der Waals surface area contributed by atoms with E-state index < -0.39 is 5.97 Å². The van der Waals surface area contributed by atoms with E-state index in [9.17, 15) is 9.59 Å². The number of carbonyl (C=O) groups excluding carboxylic acids is 2. The fourth-order valence-corrected chi connectivity index (χ4v) is 2.97. The fraction of sp³-hybridized carbons (Fsp3) is 0.211. The summed E-state index contributed by atoms with van der Waals surface area (Å²) >= 11 is 6.12. The van der Waals surface area contributed by atoms with Gasteiger partial charge < -0.3 is 10.1 Å². The van der Waals surface area contributed by atoms with Crippen molar-refractivity contribution in [2.45, 2.75) is 19.9 Å². The van der Waals surface area contributed by atoms with Crippen molar-refractivity contribution in [3.8, 4) is 0 Å². The molecule has 0 saturated carbocycles. The van der Waals surface area contributed by atoms with Crippen LogP contribution in [0.15, 0.2) is 42.5 Å². The third kappa shape index (κ3) is 3.70. The van der Waals surface area contributed by atoms with Crippen LogP contribution in [-0.2, 0) is 16.1 Å². The van der Waals surface area contributed by atoms with Gasteiger partial charge in [-0.15, -0.1) is 0 Å². The van der Waals surface area contributed by atoms with E-state index in [1.165, 1.54) is 7.11 Å². The highest BCUT2D eigenvalue weighted by atomic mass is 35.5. The average molecular weight is 372 g/mol. The SMILES string of the molecule is COC(=O)c1cc(NC(=O)CCn2nc(Cl)c3ccccc32)ccc1C. The molecule has 6 nitrogen and oxygen atoms in total. The number of ether oxygens (including phenoxy) is 1. The Morgan fingerprint density at radius 3 is 2.77 bits per heavy atom. The van der Waals surface area contributed by atoms with Crippen molar-refractivity contribution < 1.29 is 14.3 Å². The molecule has 0 atom stereocenters. The van der Waals surface area contributed by atoms with Crippen molar-refractivity contribution in [1.29, 1.82) is 0 Å². The highest BCUT2D eigenvalue weighted by molar-refractivity contribution is 6.34. The first kappa shape index (κ1) is 17.9. The Hall–Kier alpha value is -2.86. The van der Waals surface area contributed by atoms with Crippen LogP contribution in [0, 0.1) is 6.92 Å². The first-order valence-corrected chi connectivity index (χ1v) is 8.47. The zero-order valence-corrected chi connectivity index (χ0v) is 15.2. The summed E-state index contributed by atoms with van der Waals surface area (Å²) in [6, 6.07) is 12.7. The molecule has 1 heterocycles. The van der Waals surface area contributed by atoms with Gasteiger partial charge in [0, 0.05) is 17.5 Å². The number of aromatic nitrogens is 2. The topological polar surface area (TPSA) is 73.2 Å². The number of nitrogens with zero attached hydrogens (tertiary/aromatic N) is 2. The van der Waals surface area contributed by atoms with Gasteiger partial charge in [0.1, 0.15) is 0 Å². The first-order valence-electron chi connectivity index (χ1n) is 8.09. The molecule has 7 heteroatoms. The Kier molecular flexibility index (Phi) is 5.23.